The highest BCUT2D eigenvalue weighted by Gasteiger charge is 2.48. The van der Waals surface area contributed by atoms with E-state index in [1.165, 1.54) is 29.2 Å². The summed E-state index contributed by atoms with van der Waals surface area (Å²) in [7, 11) is 1.55. The third kappa shape index (κ3) is 3.95. The number of phenols is 1. The van der Waals surface area contributed by atoms with E-state index in [0.29, 0.717) is 17.6 Å². The van der Waals surface area contributed by atoms with E-state index in [0.717, 1.165) is 38.2 Å². The van der Waals surface area contributed by atoms with E-state index >= 15 is 4.39 Å². The lowest BCUT2D eigenvalue weighted by molar-refractivity contribution is 0.171. The minimum atomic E-state index is -0.968. The van der Waals surface area contributed by atoms with Crippen LogP contribution in [-0.4, -0.2) is 55.0 Å². The second-order valence-corrected chi connectivity index (χ2v) is 9.77. The van der Waals surface area contributed by atoms with Crippen LogP contribution in [0.15, 0.2) is 41.7 Å². The van der Waals surface area contributed by atoms with Gasteiger partial charge in [0.1, 0.15) is 23.6 Å². The van der Waals surface area contributed by atoms with Gasteiger partial charge >= 0.3 is 0 Å². The molecule has 0 amide bonds. The summed E-state index contributed by atoms with van der Waals surface area (Å²) in [6, 6.07) is 3.85. The summed E-state index contributed by atoms with van der Waals surface area (Å²) in [4.78, 5) is 27.1. The maximum atomic E-state index is 15.3. The summed E-state index contributed by atoms with van der Waals surface area (Å²) >= 11 is 0. The van der Waals surface area contributed by atoms with Gasteiger partial charge in [-0.25, -0.2) is 18.7 Å². The summed E-state index contributed by atoms with van der Waals surface area (Å²) in [6.07, 6.45) is 7.99. The number of alkyl halides is 1. The maximum Gasteiger partial charge on any atom is 0.253 e. The first-order chi connectivity index (χ1) is 16.9. The molecule has 0 radical (unpaired) electrons. The number of piperidine rings is 1. The van der Waals surface area contributed by atoms with Gasteiger partial charge in [-0.05, 0) is 44.2 Å². The second kappa shape index (κ2) is 8.37. The molecule has 182 valence electrons. The Balaban J connectivity index is 1.29. The molecule has 2 bridgehead atoms. The lowest BCUT2D eigenvalue weighted by Gasteiger charge is -2.41. The number of halogens is 2. The van der Waals surface area contributed by atoms with Crippen LogP contribution in [0.25, 0.3) is 22.5 Å². The van der Waals surface area contributed by atoms with E-state index in [1.807, 2.05) is 0 Å². The summed E-state index contributed by atoms with van der Waals surface area (Å²) in [5, 5.41) is 14.0. The lowest BCUT2D eigenvalue weighted by atomic mass is 9.96. The molecule has 3 fully saturated rings. The number of rotatable bonds is 5. The Morgan fingerprint density at radius 2 is 1.89 bits per heavy atom. The monoisotopic (exact) mass is 480 g/mol. The molecule has 0 spiro atoms. The number of fused-ring (bicyclic) bond motifs is 2. The van der Waals surface area contributed by atoms with E-state index in [1.54, 1.807) is 13.2 Å². The van der Waals surface area contributed by atoms with Gasteiger partial charge < -0.3 is 19.9 Å². The fourth-order valence-corrected chi connectivity index (χ4v) is 5.39. The summed E-state index contributed by atoms with van der Waals surface area (Å²) in [6.45, 7) is 0. The molecular formula is C25H26F2N6O2. The van der Waals surface area contributed by atoms with Gasteiger partial charge in [0.15, 0.2) is 0 Å². The maximum absolute atomic E-state index is 15.3. The number of benzene rings is 1. The van der Waals surface area contributed by atoms with Crippen LogP contribution >= 0.6 is 0 Å². The molecule has 4 heterocycles. The molecule has 2 saturated heterocycles. The van der Waals surface area contributed by atoms with Crippen molar-refractivity contribution < 1.29 is 13.9 Å². The topological polar surface area (TPSA) is 96.2 Å². The van der Waals surface area contributed by atoms with Crippen molar-refractivity contribution in [2.45, 2.75) is 62.4 Å². The van der Waals surface area contributed by atoms with E-state index < -0.39 is 12.0 Å². The van der Waals surface area contributed by atoms with Crippen LogP contribution in [-0.2, 0) is 7.05 Å². The van der Waals surface area contributed by atoms with E-state index in [4.69, 9.17) is 0 Å². The number of phenolic OH excluding ortho intramolecular Hbond substituents is 1. The lowest BCUT2D eigenvalue weighted by Crippen LogP contribution is -2.57. The molecule has 2 aromatic heterocycles. The summed E-state index contributed by atoms with van der Waals surface area (Å²) in [5.41, 5.74) is 0.285. The third-order valence-corrected chi connectivity index (χ3v) is 7.37. The normalized spacial score (nSPS) is 25.6. The van der Waals surface area contributed by atoms with E-state index in [9.17, 15) is 14.3 Å². The van der Waals surface area contributed by atoms with Crippen molar-refractivity contribution in [1.82, 2.24) is 24.8 Å². The quantitative estimate of drug-likeness (QED) is 0.580. The zero-order chi connectivity index (χ0) is 24.3. The number of aromatic nitrogens is 4. The smallest absolute Gasteiger partial charge is 0.253 e. The standard InChI is InChI=1S/C25H26F2N6O2/c1-32-12-30-19(9-24(32)35)15-8-22(34)16(7-17(15)26)20-10-29-23(11-28-20)33(14-3-4-14)21-6-13-2-5-18(31-13)25(21)27/h7-14,18,21,25,31,34H,2-6H2,1H3. The highest BCUT2D eigenvalue weighted by atomic mass is 19.1. The van der Waals surface area contributed by atoms with Crippen LogP contribution in [0, 0.1) is 5.82 Å². The average molecular weight is 481 g/mol. The molecule has 1 saturated carbocycles. The van der Waals surface area contributed by atoms with Crippen LogP contribution in [0.5, 0.6) is 5.75 Å². The zero-order valence-corrected chi connectivity index (χ0v) is 19.2. The largest absolute Gasteiger partial charge is 0.507 e. The Morgan fingerprint density at radius 1 is 1.06 bits per heavy atom. The van der Waals surface area contributed by atoms with Gasteiger partial charge in [0, 0.05) is 42.4 Å². The molecular weight excluding hydrogens is 454 g/mol. The Labute approximate surface area is 200 Å². The SMILES string of the molecule is Cn1cnc(-c2cc(O)c(-c3cnc(N(C4CC4)C4CC5CCC(N5)C4F)cn3)cc2F)cc1=O. The number of nitrogens with zero attached hydrogens (tertiary/aromatic N) is 5. The first-order valence-corrected chi connectivity index (χ1v) is 12.0. The third-order valence-electron chi connectivity index (χ3n) is 7.37. The first kappa shape index (κ1) is 22.1. The molecule has 6 rings (SSSR count). The van der Waals surface area contributed by atoms with E-state index in [-0.39, 0.29) is 46.3 Å². The Bertz CT molecular complexity index is 1330. The Morgan fingerprint density at radius 3 is 2.60 bits per heavy atom. The first-order valence-electron chi connectivity index (χ1n) is 12.0. The average Bonchev–Trinajstić information content (AvgIpc) is 3.60. The van der Waals surface area contributed by atoms with Crippen LogP contribution in [0.3, 0.4) is 0 Å². The van der Waals surface area contributed by atoms with Gasteiger partial charge in [0.25, 0.3) is 5.56 Å². The number of aromatic hydroxyl groups is 1. The summed E-state index contributed by atoms with van der Waals surface area (Å²) in [5.74, 6) is -0.246. The molecule has 3 aliphatic rings. The molecule has 35 heavy (non-hydrogen) atoms. The van der Waals surface area contributed by atoms with E-state index in [2.05, 4.69) is 25.2 Å². The van der Waals surface area contributed by atoms with Gasteiger partial charge in [-0.3, -0.25) is 9.78 Å². The molecule has 2 N–H and O–H groups in total. The Kier molecular flexibility index (Phi) is 5.28. The summed E-state index contributed by atoms with van der Waals surface area (Å²) < 4.78 is 31.5. The molecule has 2 aliphatic heterocycles. The number of anilines is 1. The van der Waals surface area contributed by atoms with Crippen LogP contribution in [0.2, 0.25) is 0 Å². The van der Waals surface area contributed by atoms with Crippen molar-refractivity contribution in [2.24, 2.45) is 7.05 Å². The fourth-order valence-electron chi connectivity index (χ4n) is 5.39. The molecule has 10 heteroatoms. The van der Waals surface area contributed by atoms with Crippen molar-refractivity contribution in [3.05, 3.63) is 53.1 Å². The number of hydrogen-bond acceptors (Lipinski definition) is 7. The van der Waals surface area contributed by atoms with Crippen molar-refractivity contribution in [2.75, 3.05) is 4.90 Å². The van der Waals surface area contributed by atoms with Gasteiger partial charge in [-0.1, -0.05) is 0 Å². The number of aryl methyl sites for hydroxylation is 1. The minimum absolute atomic E-state index is 0.0166. The van der Waals surface area contributed by atoms with Crippen molar-refractivity contribution in [1.29, 1.82) is 0 Å². The molecule has 1 aliphatic carbocycles. The highest BCUT2D eigenvalue weighted by Crippen LogP contribution is 2.40. The molecule has 4 atom stereocenters. The van der Waals surface area contributed by atoms with Crippen LogP contribution in [0.4, 0.5) is 14.6 Å². The van der Waals surface area contributed by atoms with Crippen molar-refractivity contribution in [3.63, 3.8) is 0 Å². The zero-order valence-electron chi connectivity index (χ0n) is 19.2. The van der Waals surface area contributed by atoms with Gasteiger partial charge in [-0.15, -0.1) is 0 Å². The van der Waals surface area contributed by atoms with Crippen LogP contribution < -0.4 is 15.8 Å². The molecule has 4 unspecified atom stereocenters. The van der Waals surface area contributed by atoms with Crippen LogP contribution in [0.1, 0.15) is 32.1 Å². The number of nitrogens with one attached hydrogen (secondary N) is 1. The predicted octanol–water partition coefficient (Wildman–Crippen LogP) is 2.95. The van der Waals surface area contributed by atoms with Crippen molar-refractivity contribution in [3.8, 4) is 28.3 Å². The van der Waals surface area contributed by atoms with Crippen molar-refractivity contribution >= 4 is 5.82 Å². The number of hydrogen-bond donors (Lipinski definition) is 2. The molecule has 8 nitrogen and oxygen atoms in total. The van der Waals surface area contributed by atoms with Gasteiger partial charge in [-0.2, -0.15) is 0 Å². The highest BCUT2D eigenvalue weighted by molar-refractivity contribution is 5.73. The Hall–Kier alpha value is -3.40. The fraction of sp³-hybridized carbons (Fsp3) is 0.440. The minimum Gasteiger partial charge on any atom is -0.507 e. The van der Waals surface area contributed by atoms with Gasteiger partial charge in [0.2, 0.25) is 0 Å². The molecule has 1 aromatic carbocycles. The molecule has 3 aromatic rings. The second-order valence-electron chi connectivity index (χ2n) is 9.77. The van der Waals surface area contributed by atoms with Gasteiger partial charge in [0.05, 0.1) is 36.2 Å². The predicted molar refractivity (Wildman–Crippen MR) is 126 cm³/mol.